The fourth-order valence-corrected chi connectivity index (χ4v) is 2.93. The molecule has 7 heteroatoms. The molecule has 1 saturated heterocycles. The predicted octanol–water partition coefficient (Wildman–Crippen LogP) is 0.634. The number of anilines is 1. The molecule has 1 aliphatic rings. The summed E-state index contributed by atoms with van der Waals surface area (Å²) in [7, 11) is 3.59. The summed E-state index contributed by atoms with van der Waals surface area (Å²) in [5, 5.41) is 4.68. The number of quaternary nitrogens is 1. The average molecular weight is 356 g/mol. The Labute approximate surface area is 148 Å². The minimum absolute atomic E-state index is 0.170. The van der Waals surface area contributed by atoms with Crippen molar-refractivity contribution in [2.75, 3.05) is 52.1 Å². The van der Waals surface area contributed by atoms with Crippen molar-refractivity contribution in [3.8, 4) is 0 Å². The highest BCUT2D eigenvalue weighted by atomic mass is 35.5. The zero-order chi connectivity index (χ0) is 17.0. The van der Waals surface area contributed by atoms with E-state index in [0.29, 0.717) is 11.7 Å². The van der Waals surface area contributed by atoms with Crippen LogP contribution in [0, 0.1) is 6.92 Å². The first-order chi connectivity index (χ1) is 10.9. The van der Waals surface area contributed by atoms with Crippen molar-refractivity contribution in [1.29, 1.82) is 0 Å². The number of piperazine rings is 1. The normalized spacial score (nSPS) is 15.4. The molecule has 0 spiro atoms. The smallest absolute Gasteiger partial charge is 0.277 e. The number of aryl methyl sites for hydroxylation is 1. The van der Waals surface area contributed by atoms with Crippen LogP contribution in [0.25, 0.3) is 0 Å². The van der Waals surface area contributed by atoms with Gasteiger partial charge in [-0.05, 0) is 36.8 Å². The second-order valence-electron chi connectivity index (χ2n) is 6.10. The Morgan fingerprint density at radius 1 is 1.39 bits per heavy atom. The van der Waals surface area contributed by atoms with Gasteiger partial charge in [-0.25, -0.2) is 0 Å². The molecule has 126 valence electrons. The lowest BCUT2D eigenvalue weighted by Gasteiger charge is -2.33. The molecule has 0 radical (unpaired) electrons. The summed E-state index contributed by atoms with van der Waals surface area (Å²) >= 11 is 11.6. The number of nitrogens with one attached hydrogen (secondary N) is 2. The maximum atomic E-state index is 11.8. The van der Waals surface area contributed by atoms with Crippen LogP contribution < -0.4 is 10.2 Å². The molecule has 1 aliphatic heterocycles. The number of rotatable bonds is 3. The van der Waals surface area contributed by atoms with Crippen molar-refractivity contribution in [3.63, 3.8) is 0 Å². The number of hydrogen-bond acceptors (Lipinski definition) is 2. The first-order valence-corrected chi connectivity index (χ1v) is 8.51. The Hall–Kier alpha value is -1.37. The molecule has 1 amide bonds. The lowest BCUT2D eigenvalue weighted by atomic mass is 10.2. The number of amides is 1. The number of thiocarbonyl (C=S) groups is 1. The van der Waals surface area contributed by atoms with E-state index in [1.165, 1.54) is 4.90 Å². The van der Waals surface area contributed by atoms with Gasteiger partial charge >= 0.3 is 0 Å². The molecule has 5 nitrogen and oxygen atoms in total. The predicted molar refractivity (Wildman–Crippen MR) is 98.2 cm³/mol. The van der Waals surface area contributed by atoms with Crippen LogP contribution in [0.3, 0.4) is 0 Å². The fraction of sp³-hybridized carbons (Fsp3) is 0.500. The molecular formula is C16H24ClN4OS+. The first kappa shape index (κ1) is 18.0. The second-order valence-corrected chi connectivity index (χ2v) is 6.89. The van der Waals surface area contributed by atoms with Crippen LogP contribution in [0.15, 0.2) is 18.2 Å². The zero-order valence-electron chi connectivity index (χ0n) is 13.9. The molecule has 1 aromatic rings. The molecule has 0 atom stereocenters. The van der Waals surface area contributed by atoms with Crippen molar-refractivity contribution in [2.45, 2.75) is 6.92 Å². The van der Waals surface area contributed by atoms with Gasteiger partial charge in [0.25, 0.3) is 5.91 Å². The van der Waals surface area contributed by atoms with Crippen LogP contribution >= 0.6 is 23.8 Å². The van der Waals surface area contributed by atoms with Crippen LogP contribution in [-0.4, -0.2) is 67.6 Å². The SMILES string of the molecule is Cc1ccc(NC(=S)N2CC[NH+](CC(=O)N(C)C)CC2)cc1Cl. The van der Waals surface area contributed by atoms with Crippen LogP contribution in [-0.2, 0) is 4.79 Å². The van der Waals surface area contributed by atoms with Gasteiger partial charge in [0.15, 0.2) is 11.7 Å². The third-order valence-corrected chi connectivity index (χ3v) is 4.85. The summed E-state index contributed by atoms with van der Waals surface area (Å²) in [5.74, 6) is 0.170. The highest BCUT2D eigenvalue weighted by Crippen LogP contribution is 2.20. The Balaban J connectivity index is 1.83. The molecule has 1 aromatic carbocycles. The highest BCUT2D eigenvalue weighted by molar-refractivity contribution is 7.80. The zero-order valence-corrected chi connectivity index (χ0v) is 15.4. The Morgan fingerprint density at radius 3 is 2.61 bits per heavy atom. The van der Waals surface area contributed by atoms with Gasteiger partial charge in [0.2, 0.25) is 0 Å². The number of hydrogen-bond donors (Lipinski definition) is 2. The largest absolute Gasteiger partial charge is 0.344 e. The van der Waals surface area contributed by atoms with E-state index in [4.69, 9.17) is 23.8 Å². The van der Waals surface area contributed by atoms with Crippen LogP contribution in [0.1, 0.15) is 5.56 Å². The van der Waals surface area contributed by atoms with Gasteiger partial charge in [-0.2, -0.15) is 0 Å². The monoisotopic (exact) mass is 355 g/mol. The van der Waals surface area contributed by atoms with Gasteiger partial charge in [0.05, 0.1) is 26.2 Å². The summed E-state index contributed by atoms with van der Waals surface area (Å²) in [4.78, 5) is 16.9. The third-order valence-electron chi connectivity index (χ3n) is 4.08. The van der Waals surface area contributed by atoms with Crippen LogP contribution in [0.2, 0.25) is 5.02 Å². The van der Waals surface area contributed by atoms with Gasteiger partial charge in [0.1, 0.15) is 0 Å². The lowest BCUT2D eigenvalue weighted by Crippen LogP contribution is -3.15. The standard InChI is InChI=1S/C16H23ClN4OS/c1-12-4-5-13(10-14(12)17)18-16(23)21-8-6-20(7-9-21)11-15(22)19(2)3/h4-5,10H,6-9,11H2,1-3H3,(H,18,23)/p+1. The molecule has 1 fully saturated rings. The van der Waals surface area contributed by atoms with Crippen LogP contribution in [0.5, 0.6) is 0 Å². The van der Waals surface area contributed by atoms with Crippen molar-refractivity contribution < 1.29 is 9.69 Å². The lowest BCUT2D eigenvalue weighted by molar-refractivity contribution is -0.896. The maximum absolute atomic E-state index is 11.8. The van der Waals surface area contributed by atoms with E-state index >= 15 is 0 Å². The molecule has 0 bridgehead atoms. The molecule has 2 N–H and O–H groups in total. The number of likely N-dealkylation sites (N-methyl/N-ethyl adjacent to an activating group) is 1. The van der Waals surface area contributed by atoms with E-state index in [2.05, 4.69) is 10.2 Å². The Bertz CT molecular complexity index is 585. The summed E-state index contributed by atoms with van der Waals surface area (Å²) in [6.45, 7) is 6.05. The molecule has 0 aromatic heterocycles. The molecule has 1 heterocycles. The van der Waals surface area contributed by atoms with Crippen molar-refractivity contribution in [3.05, 3.63) is 28.8 Å². The van der Waals surface area contributed by atoms with Crippen molar-refractivity contribution in [2.24, 2.45) is 0 Å². The summed E-state index contributed by atoms with van der Waals surface area (Å²) in [6, 6.07) is 5.84. The van der Waals surface area contributed by atoms with Gasteiger partial charge < -0.3 is 20.0 Å². The fourth-order valence-electron chi connectivity index (χ4n) is 2.45. The van der Waals surface area contributed by atoms with E-state index in [0.717, 1.165) is 42.5 Å². The third kappa shape index (κ3) is 5.06. The van der Waals surface area contributed by atoms with Gasteiger partial charge in [-0.3, -0.25) is 4.79 Å². The number of nitrogens with zero attached hydrogens (tertiary/aromatic N) is 2. The average Bonchev–Trinajstić information content (AvgIpc) is 2.51. The number of halogens is 1. The van der Waals surface area contributed by atoms with E-state index in [-0.39, 0.29) is 5.91 Å². The van der Waals surface area contributed by atoms with Crippen molar-refractivity contribution >= 4 is 40.5 Å². The summed E-state index contributed by atoms with van der Waals surface area (Å²) in [5.41, 5.74) is 1.95. The Morgan fingerprint density at radius 2 is 2.04 bits per heavy atom. The molecule has 23 heavy (non-hydrogen) atoms. The molecule has 0 unspecified atom stereocenters. The molecule has 2 rings (SSSR count). The molecule has 0 aliphatic carbocycles. The molecular weight excluding hydrogens is 332 g/mol. The maximum Gasteiger partial charge on any atom is 0.277 e. The van der Waals surface area contributed by atoms with E-state index in [9.17, 15) is 4.79 Å². The van der Waals surface area contributed by atoms with Gasteiger partial charge in [0, 0.05) is 24.8 Å². The number of benzene rings is 1. The van der Waals surface area contributed by atoms with E-state index in [1.807, 2.05) is 25.1 Å². The van der Waals surface area contributed by atoms with Gasteiger partial charge in [-0.15, -0.1) is 0 Å². The quantitative estimate of drug-likeness (QED) is 0.780. The van der Waals surface area contributed by atoms with Crippen LogP contribution in [0.4, 0.5) is 5.69 Å². The number of carbonyl (C=O) groups is 1. The first-order valence-electron chi connectivity index (χ1n) is 7.72. The molecule has 0 saturated carbocycles. The summed E-state index contributed by atoms with van der Waals surface area (Å²) < 4.78 is 0. The van der Waals surface area contributed by atoms with Gasteiger partial charge in [-0.1, -0.05) is 17.7 Å². The second kappa shape index (κ2) is 7.95. The minimum atomic E-state index is 0.170. The number of carbonyl (C=O) groups excluding carboxylic acids is 1. The van der Waals surface area contributed by atoms with Crippen molar-refractivity contribution in [1.82, 2.24) is 9.80 Å². The van der Waals surface area contributed by atoms with E-state index < -0.39 is 0 Å². The summed E-state index contributed by atoms with van der Waals surface area (Å²) in [6.07, 6.45) is 0. The topological polar surface area (TPSA) is 40.0 Å². The Kier molecular flexibility index (Phi) is 6.21. The van der Waals surface area contributed by atoms with E-state index in [1.54, 1.807) is 19.0 Å². The minimum Gasteiger partial charge on any atom is -0.344 e. The highest BCUT2D eigenvalue weighted by Gasteiger charge is 2.24.